The summed E-state index contributed by atoms with van der Waals surface area (Å²) in [5.41, 5.74) is 0.0697. The molecule has 1 aromatic heterocycles. The largest absolute Gasteiger partial charge is 0.478 e. The second-order valence-corrected chi connectivity index (χ2v) is 2.61. The molecule has 4 nitrogen and oxygen atoms in total. The van der Waals surface area contributed by atoms with Gasteiger partial charge in [-0.3, -0.25) is 4.79 Å². The van der Waals surface area contributed by atoms with Gasteiger partial charge >= 0.3 is 5.97 Å². The molecule has 1 N–H and O–H groups in total. The summed E-state index contributed by atoms with van der Waals surface area (Å²) >= 11 is 0. The Kier molecular flexibility index (Phi) is 2.46. The Balaban J connectivity index is 3.11. The maximum Gasteiger partial charge on any atom is 0.359 e. The van der Waals surface area contributed by atoms with Gasteiger partial charge in [-0.15, -0.1) is 0 Å². The minimum absolute atomic E-state index is 0.242. The lowest BCUT2D eigenvalue weighted by Crippen LogP contribution is -2.17. The number of carboxylic acid groups (broad SMARTS) is 1. The van der Waals surface area contributed by atoms with Crippen molar-refractivity contribution >= 4 is 5.97 Å². The normalized spacial score (nSPS) is 12.5. The molecule has 13 heavy (non-hydrogen) atoms. The van der Waals surface area contributed by atoms with Crippen molar-refractivity contribution in [1.29, 1.82) is 0 Å². The fourth-order valence-corrected chi connectivity index (χ4v) is 0.884. The Hall–Kier alpha value is -1.65. The molecule has 0 aliphatic carbocycles. The summed E-state index contributed by atoms with van der Waals surface area (Å²) in [6.45, 7) is 1.49. The third-order valence-electron chi connectivity index (χ3n) is 1.59. The Morgan fingerprint density at radius 2 is 2.31 bits per heavy atom. The molecule has 1 unspecified atom stereocenters. The van der Waals surface area contributed by atoms with E-state index in [9.17, 15) is 14.0 Å². The Labute approximate surface area is 73.2 Å². The summed E-state index contributed by atoms with van der Waals surface area (Å²) in [7, 11) is 0. The van der Waals surface area contributed by atoms with Crippen LogP contribution in [0.3, 0.4) is 0 Å². The third kappa shape index (κ3) is 1.93. The monoisotopic (exact) mass is 185 g/mol. The number of carboxylic acids is 1. The van der Waals surface area contributed by atoms with Gasteiger partial charge in [0.25, 0.3) is 6.30 Å². The van der Waals surface area contributed by atoms with Crippen LogP contribution in [0.4, 0.5) is 4.39 Å². The van der Waals surface area contributed by atoms with Crippen molar-refractivity contribution in [3.8, 4) is 0 Å². The van der Waals surface area contributed by atoms with Crippen LogP contribution >= 0.6 is 0 Å². The van der Waals surface area contributed by atoms with Crippen molar-refractivity contribution < 1.29 is 14.3 Å². The average Bonchev–Trinajstić information content (AvgIpc) is 2.08. The molecule has 0 aliphatic rings. The Morgan fingerprint density at radius 1 is 1.69 bits per heavy atom. The Bertz CT molecular complexity index is 385. The maximum atomic E-state index is 12.8. The van der Waals surface area contributed by atoms with Crippen molar-refractivity contribution in [2.45, 2.75) is 13.2 Å². The van der Waals surface area contributed by atoms with Crippen molar-refractivity contribution in [2.75, 3.05) is 0 Å². The van der Waals surface area contributed by atoms with Crippen LogP contribution in [0.5, 0.6) is 0 Å². The van der Waals surface area contributed by atoms with Crippen molar-refractivity contribution in [3.05, 3.63) is 34.2 Å². The number of aryl methyl sites for hydroxylation is 1. The number of rotatable bonds is 2. The molecule has 0 spiro atoms. The lowest BCUT2D eigenvalue weighted by atomic mass is 10.3. The molecule has 0 saturated heterocycles. The van der Waals surface area contributed by atoms with Gasteiger partial charge in [0.15, 0.2) is 5.43 Å². The zero-order chi connectivity index (χ0) is 10.0. The summed E-state index contributed by atoms with van der Waals surface area (Å²) < 4.78 is 13.7. The molecule has 5 heteroatoms. The second kappa shape index (κ2) is 3.38. The maximum absolute atomic E-state index is 12.8. The lowest BCUT2D eigenvalue weighted by Gasteiger charge is -2.07. The summed E-state index contributed by atoms with van der Waals surface area (Å²) in [6, 6.07) is 1.13. The highest BCUT2D eigenvalue weighted by Gasteiger charge is 2.16. The molecule has 70 valence electrons. The van der Waals surface area contributed by atoms with E-state index in [1.54, 1.807) is 0 Å². The number of alkyl halides is 1. The highest BCUT2D eigenvalue weighted by atomic mass is 19.1. The van der Waals surface area contributed by atoms with E-state index < -0.39 is 12.3 Å². The van der Waals surface area contributed by atoms with E-state index in [0.717, 1.165) is 16.8 Å². The molecule has 0 bridgehead atoms. The fraction of sp³-hybridized carbons (Fsp3) is 0.250. The van der Waals surface area contributed by atoms with E-state index in [-0.39, 0.29) is 5.43 Å². The van der Waals surface area contributed by atoms with E-state index >= 15 is 0 Å². The van der Waals surface area contributed by atoms with Gasteiger partial charge in [-0.25, -0.2) is 9.18 Å². The van der Waals surface area contributed by atoms with Gasteiger partial charge < -0.3 is 9.67 Å². The first-order valence-electron chi connectivity index (χ1n) is 3.57. The summed E-state index contributed by atoms with van der Waals surface area (Å²) in [5, 5.41) is 8.32. The summed E-state index contributed by atoms with van der Waals surface area (Å²) in [4.78, 5) is 21.1. The van der Waals surface area contributed by atoms with E-state index in [1.807, 2.05) is 0 Å². The second-order valence-electron chi connectivity index (χ2n) is 2.61. The smallest absolute Gasteiger partial charge is 0.359 e. The quantitative estimate of drug-likeness (QED) is 0.738. The predicted molar refractivity (Wildman–Crippen MR) is 43.2 cm³/mol. The first kappa shape index (κ1) is 9.44. The Morgan fingerprint density at radius 3 is 2.77 bits per heavy atom. The summed E-state index contributed by atoms with van der Waals surface area (Å²) in [6.07, 6.45) is 0.134. The minimum Gasteiger partial charge on any atom is -0.478 e. The zero-order valence-electron chi connectivity index (χ0n) is 6.90. The van der Waals surface area contributed by atoms with Gasteiger partial charge in [-0.1, -0.05) is 0 Å². The van der Waals surface area contributed by atoms with Crippen LogP contribution in [-0.4, -0.2) is 15.6 Å². The van der Waals surface area contributed by atoms with Crippen LogP contribution in [0, 0.1) is 6.92 Å². The molecule has 0 aliphatic heterocycles. The van der Waals surface area contributed by atoms with Crippen LogP contribution in [0.25, 0.3) is 0 Å². The minimum atomic E-state index is -2.14. The van der Waals surface area contributed by atoms with E-state index in [4.69, 9.17) is 5.11 Å². The van der Waals surface area contributed by atoms with E-state index in [1.165, 1.54) is 13.1 Å². The van der Waals surface area contributed by atoms with Crippen LogP contribution in [0.1, 0.15) is 11.9 Å². The average molecular weight is 185 g/mol. The van der Waals surface area contributed by atoms with Crippen molar-refractivity contribution in [2.24, 2.45) is 0 Å². The third-order valence-corrected chi connectivity index (χ3v) is 1.59. The molecular weight excluding hydrogens is 177 g/mol. The number of carbonyl (C=O) groups is 1. The van der Waals surface area contributed by atoms with Crippen LogP contribution < -0.4 is 5.43 Å². The number of halogens is 1. The van der Waals surface area contributed by atoms with Crippen LogP contribution in [0.2, 0.25) is 0 Å². The molecule has 0 radical (unpaired) electrons. The first-order chi connectivity index (χ1) is 6.02. The van der Waals surface area contributed by atoms with Crippen LogP contribution in [0.15, 0.2) is 23.3 Å². The van der Waals surface area contributed by atoms with Gasteiger partial charge in [0.2, 0.25) is 0 Å². The van der Waals surface area contributed by atoms with Gasteiger partial charge in [0.1, 0.15) is 0 Å². The van der Waals surface area contributed by atoms with Gasteiger partial charge in [0.05, 0.1) is 0 Å². The van der Waals surface area contributed by atoms with Crippen LogP contribution in [-0.2, 0) is 4.79 Å². The highest BCUT2D eigenvalue weighted by Crippen LogP contribution is 2.07. The number of nitrogens with zero attached hydrogens (tertiary/aromatic N) is 1. The standard InChI is InChI=1S/C8H8FNO3/c1-5-4-10(3-2-6(5)11)7(9)8(12)13/h2-4,7H,1H3,(H,12,13). The number of pyridine rings is 1. The SMILES string of the molecule is Cc1cn(C(F)C(=O)O)ccc1=O. The number of aromatic nitrogens is 1. The first-order valence-corrected chi connectivity index (χ1v) is 3.57. The molecule has 0 fully saturated rings. The molecule has 1 heterocycles. The highest BCUT2D eigenvalue weighted by molar-refractivity contribution is 5.70. The molecular formula is C8H8FNO3. The molecule has 1 rings (SSSR count). The lowest BCUT2D eigenvalue weighted by molar-refractivity contribution is -0.146. The number of hydrogen-bond acceptors (Lipinski definition) is 2. The zero-order valence-corrected chi connectivity index (χ0v) is 6.90. The molecule has 1 atom stereocenters. The topological polar surface area (TPSA) is 59.3 Å². The predicted octanol–water partition coefficient (Wildman–Crippen LogP) is 0.709. The van der Waals surface area contributed by atoms with Gasteiger partial charge in [-0.05, 0) is 6.92 Å². The molecule has 0 saturated carbocycles. The van der Waals surface area contributed by atoms with Gasteiger partial charge in [0, 0.05) is 24.0 Å². The summed E-state index contributed by atoms with van der Waals surface area (Å²) in [5.74, 6) is -1.58. The van der Waals surface area contributed by atoms with E-state index in [0.29, 0.717) is 5.56 Å². The molecule has 1 aromatic rings. The molecule has 0 aromatic carbocycles. The van der Waals surface area contributed by atoms with Crippen molar-refractivity contribution in [1.82, 2.24) is 4.57 Å². The number of aliphatic carboxylic acids is 1. The van der Waals surface area contributed by atoms with E-state index in [2.05, 4.69) is 0 Å². The van der Waals surface area contributed by atoms with Crippen molar-refractivity contribution in [3.63, 3.8) is 0 Å². The fourth-order valence-electron chi connectivity index (χ4n) is 0.884. The number of hydrogen-bond donors (Lipinski definition) is 1. The van der Waals surface area contributed by atoms with Gasteiger partial charge in [-0.2, -0.15) is 0 Å². The molecule has 0 amide bonds.